The van der Waals surface area contributed by atoms with E-state index in [2.05, 4.69) is 0 Å². The quantitative estimate of drug-likeness (QED) is 0.582. The van der Waals surface area contributed by atoms with Crippen molar-refractivity contribution in [2.45, 2.75) is 12.8 Å². The third kappa shape index (κ3) is 2.71. The van der Waals surface area contributed by atoms with Crippen molar-refractivity contribution in [1.82, 2.24) is 4.90 Å². The zero-order chi connectivity index (χ0) is 17.4. The van der Waals surface area contributed by atoms with Crippen LogP contribution in [0.4, 0.5) is 5.69 Å². The first-order chi connectivity index (χ1) is 11.4. The highest BCUT2D eigenvalue weighted by atomic mass is 32.2. The molecule has 8 heteroatoms. The summed E-state index contributed by atoms with van der Waals surface area (Å²) in [6.45, 7) is 0.196. The normalized spacial score (nSPS) is 20.1. The molecule has 1 aromatic rings. The van der Waals surface area contributed by atoms with Gasteiger partial charge in [0.2, 0.25) is 0 Å². The van der Waals surface area contributed by atoms with Gasteiger partial charge in [0.1, 0.15) is 4.32 Å². The lowest BCUT2D eigenvalue weighted by Crippen LogP contribution is -2.31. The number of nitrogens with zero attached hydrogens (tertiary/aromatic N) is 2. The molecule has 3 rings (SSSR count). The minimum absolute atomic E-state index is 0.145. The van der Waals surface area contributed by atoms with Gasteiger partial charge in [0.25, 0.3) is 11.8 Å². The van der Waals surface area contributed by atoms with Gasteiger partial charge in [0.15, 0.2) is 0 Å². The highest BCUT2D eigenvalue weighted by Gasteiger charge is 2.40. The van der Waals surface area contributed by atoms with Crippen LogP contribution >= 0.6 is 24.0 Å². The maximum Gasteiger partial charge on any atom is 0.267 e. The average molecular weight is 361 g/mol. The summed E-state index contributed by atoms with van der Waals surface area (Å²) in [5.41, 5.74) is 1.81. The number of thiocarbonyl (C=S) groups is 1. The van der Waals surface area contributed by atoms with E-state index in [9.17, 15) is 19.5 Å². The highest BCUT2D eigenvalue weighted by molar-refractivity contribution is 8.26. The van der Waals surface area contributed by atoms with Gasteiger partial charge >= 0.3 is 0 Å². The molecule has 2 heterocycles. The van der Waals surface area contributed by atoms with Crippen molar-refractivity contribution in [2.24, 2.45) is 0 Å². The second-order valence-corrected chi connectivity index (χ2v) is 7.03. The number of benzene rings is 1. The summed E-state index contributed by atoms with van der Waals surface area (Å²) in [6, 6.07) is 7.26. The van der Waals surface area contributed by atoms with Crippen molar-refractivity contribution in [3.63, 3.8) is 0 Å². The molecule has 0 bridgehead atoms. The number of hydrogen-bond donors (Lipinski definition) is 0. The summed E-state index contributed by atoms with van der Waals surface area (Å²) in [7, 11) is 1.66. The summed E-state index contributed by atoms with van der Waals surface area (Å²) in [4.78, 5) is 38.9. The molecule has 0 aliphatic carbocycles. The largest absolute Gasteiger partial charge is 0.550 e. The first kappa shape index (κ1) is 16.7. The Balaban J connectivity index is 1.94. The molecule has 0 unspecified atom stereocenters. The molecule has 0 saturated carbocycles. The molecule has 0 N–H and O–H groups in total. The maximum absolute atomic E-state index is 12.7. The molecular weight excluding hydrogens is 348 g/mol. The summed E-state index contributed by atoms with van der Waals surface area (Å²) < 4.78 is 0.334. The van der Waals surface area contributed by atoms with Crippen molar-refractivity contribution in [3.8, 4) is 0 Å². The maximum atomic E-state index is 12.7. The number of amides is 2. The van der Waals surface area contributed by atoms with Gasteiger partial charge in [-0.2, -0.15) is 0 Å². The molecule has 2 aliphatic heterocycles. The molecule has 0 atom stereocenters. The number of carbonyl (C=O) groups is 3. The minimum Gasteiger partial charge on any atom is -0.550 e. The predicted molar refractivity (Wildman–Crippen MR) is 92.9 cm³/mol. The molecule has 1 aromatic carbocycles. The lowest BCUT2D eigenvalue weighted by Gasteiger charge is -2.14. The summed E-state index contributed by atoms with van der Waals surface area (Å²) in [5.74, 6) is -1.76. The van der Waals surface area contributed by atoms with Crippen LogP contribution in [-0.2, 0) is 14.4 Å². The monoisotopic (exact) mass is 361 g/mol. The van der Waals surface area contributed by atoms with E-state index >= 15 is 0 Å². The number of aliphatic carboxylic acids is 1. The van der Waals surface area contributed by atoms with E-state index in [0.717, 1.165) is 17.4 Å². The van der Waals surface area contributed by atoms with Gasteiger partial charge in [-0.1, -0.05) is 42.2 Å². The lowest BCUT2D eigenvalue weighted by molar-refractivity contribution is -0.305. The molecule has 2 aliphatic rings. The summed E-state index contributed by atoms with van der Waals surface area (Å²) in [6.07, 6.45) is 0.106. The van der Waals surface area contributed by atoms with E-state index in [1.54, 1.807) is 13.1 Å². The van der Waals surface area contributed by atoms with Crippen molar-refractivity contribution in [2.75, 3.05) is 18.5 Å². The Labute approximate surface area is 148 Å². The van der Waals surface area contributed by atoms with Crippen LogP contribution < -0.4 is 10.0 Å². The number of carbonyl (C=O) groups excluding carboxylic acids is 3. The molecule has 0 spiro atoms. The van der Waals surface area contributed by atoms with Crippen LogP contribution in [0.2, 0.25) is 0 Å². The number of rotatable bonds is 4. The summed E-state index contributed by atoms with van der Waals surface area (Å²) in [5, 5.41) is 10.5. The van der Waals surface area contributed by atoms with Gasteiger partial charge in [0, 0.05) is 25.1 Å². The smallest absolute Gasteiger partial charge is 0.267 e. The van der Waals surface area contributed by atoms with Crippen molar-refractivity contribution < 1.29 is 19.5 Å². The van der Waals surface area contributed by atoms with E-state index in [0.29, 0.717) is 20.4 Å². The Morgan fingerprint density at radius 3 is 2.67 bits per heavy atom. The predicted octanol–water partition coefficient (Wildman–Crippen LogP) is 0.764. The van der Waals surface area contributed by atoms with Gasteiger partial charge in [-0.05, 0) is 18.9 Å². The number of para-hydroxylation sites is 1. The molecular formula is C16H13N2O4S2-. The van der Waals surface area contributed by atoms with Gasteiger partial charge in [-0.15, -0.1) is 0 Å². The molecule has 124 valence electrons. The first-order valence-corrected chi connectivity index (χ1v) is 8.49. The fourth-order valence-corrected chi connectivity index (χ4v) is 4.09. The van der Waals surface area contributed by atoms with E-state index in [1.807, 2.05) is 18.2 Å². The molecule has 2 amide bonds. The van der Waals surface area contributed by atoms with E-state index in [-0.39, 0.29) is 31.2 Å². The zero-order valence-corrected chi connectivity index (χ0v) is 14.4. The number of fused-ring (bicyclic) bond motifs is 1. The second-order valence-electron chi connectivity index (χ2n) is 5.39. The molecule has 1 fully saturated rings. The third-order valence-electron chi connectivity index (χ3n) is 3.89. The van der Waals surface area contributed by atoms with Gasteiger partial charge in [-0.3, -0.25) is 14.5 Å². The molecule has 1 saturated heterocycles. The van der Waals surface area contributed by atoms with Crippen LogP contribution in [0.15, 0.2) is 29.2 Å². The molecule has 0 radical (unpaired) electrons. The Kier molecular flexibility index (Phi) is 4.42. The average Bonchev–Trinajstić information content (AvgIpc) is 2.96. The molecule has 6 nitrogen and oxygen atoms in total. The van der Waals surface area contributed by atoms with Gasteiger partial charge < -0.3 is 14.8 Å². The first-order valence-electron chi connectivity index (χ1n) is 7.27. The third-order valence-corrected chi connectivity index (χ3v) is 5.34. The van der Waals surface area contributed by atoms with E-state index in [1.165, 1.54) is 9.80 Å². The number of carboxylic acids is 1. The van der Waals surface area contributed by atoms with Gasteiger partial charge in [-0.25, -0.2) is 0 Å². The van der Waals surface area contributed by atoms with Gasteiger partial charge in [0.05, 0.1) is 16.2 Å². The van der Waals surface area contributed by atoms with Crippen molar-refractivity contribution in [3.05, 3.63) is 34.7 Å². The van der Waals surface area contributed by atoms with Crippen molar-refractivity contribution >= 4 is 57.3 Å². The van der Waals surface area contributed by atoms with Crippen LogP contribution in [0.5, 0.6) is 0 Å². The fraction of sp³-hybridized carbons (Fsp3) is 0.250. The Morgan fingerprint density at radius 1 is 1.25 bits per heavy atom. The van der Waals surface area contributed by atoms with Crippen LogP contribution in [0.3, 0.4) is 0 Å². The number of carboxylic acid groups (broad SMARTS) is 1. The topological polar surface area (TPSA) is 80.8 Å². The van der Waals surface area contributed by atoms with Crippen molar-refractivity contribution in [1.29, 1.82) is 0 Å². The van der Waals surface area contributed by atoms with Crippen LogP contribution in [-0.4, -0.2) is 40.6 Å². The Hall–Kier alpha value is -2.19. The molecule has 0 aromatic heterocycles. The standard InChI is InChI=1S/C16H14N2O4S2/c1-17-10-6-3-2-5-9(10)12(14(17)21)13-15(22)18(16(23)24-13)8-4-7-11(19)20/h2-3,5-6H,4,7-8H2,1H3,(H,19,20)/p-1. The Morgan fingerprint density at radius 2 is 1.96 bits per heavy atom. The second kappa shape index (κ2) is 6.37. The van der Waals surface area contributed by atoms with Crippen LogP contribution in [0.25, 0.3) is 5.57 Å². The number of likely N-dealkylation sites (N-methyl/N-ethyl adjacent to an activating group) is 1. The number of anilines is 1. The van der Waals surface area contributed by atoms with E-state index < -0.39 is 5.97 Å². The lowest BCUT2D eigenvalue weighted by atomic mass is 10.1. The SMILES string of the molecule is CN1C(=O)C(=C2SC(=S)N(CCCC(=O)[O-])C2=O)c2ccccc21. The highest BCUT2D eigenvalue weighted by Crippen LogP contribution is 2.43. The Bertz CT molecular complexity index is 803. The fourth-order valence-electron chi connectivity index (χ4n) is 2.71. The van der Waals surface area contributed by atoms with E-state index in [4.69, 9.17) is 12.2 Å². The minimum atomic E-state index is -1.17. The van der Waals surface area contributed by atoms with Crippen LogP contribution in [0, 0.1) is 0 Å². The number of hydrogen-bond acceptors (Lipinski definition) is 6. The van der Waals surface area contributed by atoms with Crippen LogP contribution in [0.1, 0.15) is 18.4 Å². The number of thioether (sulfide) groups is 1. The molecule has 24 heavy (non-hydrogen) atoms. The summed E-state index contributed by atoms with van der Waals surface area (Å²) >= 11 is 6.31. The zero-order valence-electron chi connectivity index (χ0n) is 12.8.